The molecule has 2 fully saturated rings. The number of carbonyl (C=O) groups excluding carboxylic acids is 1. The first-order valence-corrected chi connectivity index (χ1v) is 13.6. The summed E-state index contributed by atoms with van der Waals surface area (Å²) in [5, 5.41) is 6.64. The molecule has 1 aromatic carbocycles. The van der Waals surface area contributed by atoms with Crippen LogP contribution in [0.4, 0.5) is 5.69 Å². The number of thiophene rings is 1. The second-order valence-electron chi connectivity index (χ2n) is 8.89. The highest BCUT2D eigenvalue weighted by molar-refractivity contribution is 8.00. The molecule has 8 heteroatoms. The summed E-state index contributed by atoms with van der Waals surface area (Å²) in [6.45, 7) is 0.0480. The number of carbonyl (C=O) groups is 1. The highest BCUT2D eigenvalue weighted by atomic mass is 32.2. The van der Waals surface area contributed by atoms with Crippen LogP contribution < -0.4 is 14.9 Å². The molecule has 1 N–H and O–H groups in total. The first-order chi connectivity index (χ1) is 15.6. The normalized spacial score (nSPS) is 27.7. The lowest BCUT2D eigenvalue weighted by Crippen LogP contribution is -2.34. The van der Waals surface area contributed by atoms with E-state index in [9.17, 15) is 9.59 Å². The van der Waals surface area contributed by atoms with Crippen LogP contribution in [-0.4, -0.2) is 22.8 Å². The number of ether oxygens (including phenoxy) is 1. The minimum absolute atomic E-state index is 0.0266. The third kappa shape index (κ3) is 3.35. The molecule has 3 heterocycles. The lowest BCUT2D eigenvalue weighted by atomic mass is 9.77. The van der Waals surface area contributed by atoms with Crippen LogP contribution in [0.25, 0.3) is 0 Å². The Labute approximate surface area is 198 Å². The number of thiazole rings is 1. The Balaban J connectivity index is 1.32. The maximum atomic E-state index is 13.1. The highest BCUT2D eigenvalue weighted by Gasteiger charge is 2.55. The van der Waals surface area contributed by atoms with E-state index in [1.807, 2.05) is 36.0 Å². The Bertz CT molecular complexity index is 1200. The molecule has 2 saturated carbocycles. The Hall–Kier alpha value is -2.03. The van der Waals surface area contributed by atoms with Crippen molar-refractivity contribution < 1.29 is 9.53 Å². The molecule has 5 nitrogen and oxygen atoms in total. The van der Waals surface area contributed by atoms with E-state index < -0.39 is 0 Å². The predicted molar refractivity (Wildman–Crippen MR) is 130 cm³/mol. The SMILES string of the molecule is COc1ccc(NC(=O)Cn2c3c(sc2=O)[C@@H](c2cccs2)[C@H]2[C@H]4CC[C@@H](C4)[C@@H]2S3)cc1. The molecule has 3 aromatic rings. The fraction of sp³-hybridized carbons (Fsp3) is 0.417. The largest absolute Gasteiger partial charge is 0.497 e. The Kier molecular flexibility index (Phi) is 5.19. The van der Waals surface area contributed by atoms with Crippen LogP contribution in [0.5, 0.6) is 5.75 Å². The van der Waals surface area contributed by atoms with Gasteiger partial charge in [-0.25, -0.2) is 0 Å². The predicted octanol–water partition coefficient (Wildman–Crippen LogP) is 5.27. The average molecular weight is 485 g/mol. The molecule has 0 spiro atoms. The van der Waals surface area contributed by atoms with E-state index in [1.165, 1.54) is 40.4 Å². The van der Waals surface area contributed by atoms with Crippen LogP contribution >= 0.6 is 34.4 Å². The number of rotatable bonds is 5. The van der Waals surface area contributed by atoms with Gasteiger partial charge in [0.25, 0.3) is 0 Å². The zero-order valence-electron chi connectivity index (χ0n) is 17.7. The topological polar surface area (TPSA) is 60.3 Å². The van der Waals surface area contributed by atoms with Crippen molar-refractivity contribution in [1.82, 2.24) is 4.57 Å². The first-order valence-electron chi connectivity index (χ1n) is 11.0. The molecule has 6 rings (SSSR count). The van der Waals surface area contributed by atoms with Gasteiger partial charge < -0.3 is 10.1 Å². The number of nitrogens with zero attached hydrogens (tertiary/aromatic N) is 1. The van der Waals surface area contributed by atoms with E-state index in [4.69, 9.17) is 4.74 Å². The van der Waals surface area contributed by atoms with Crippen LogP contribution in [0.3, 0.4) is 0 Å². The van der Waals surface area contributed by atoms with Gasteiger partial charge in [-0.1, -0.05) is 17.4 Å². The summed E-state index contributed by atoms with van der Waals surface area (Å²) < 4.78 is 6.89. The molecule has 2 bridgehead atoms. The molecule has 0 radical (unpaired) electrons. The van der Waals surface area contributed by atoms with Crippen LogP contribution in [0.1, 0.15) is 34.9 Å². The maximum Gasteiger partial charge on any atom is 0.308 e. The molecule has 0 saturated heterocycles. The quantitative estimate of drug-likeness (QED) is 0.536. The van der Waals surface area contributed by atoms with Gasteiger partial charge >= 0.3 is 4.87 Å². The molecule has 5 atom stereocenters. The number of hydrogen-bond acceptors (Lipinski definition) is 6. The van der Waals surface area contributed by atoms with Crippen molar-refractivity contribution in [3.63, 3.8) is 0 Å². The Morgan fingerprint density at radius 2 is 2.00 bits per heavy atom. The summed E-state index contributed by atoms with van der Waals surface area (Å²) in [6.07, 6.45) is 3.95. The van der Waals surface area contributed by atoms with Crippen LogP contribution in [0.15, 0.2) is 51.6 Å². The van der Waals surface area contributed by atoms with Crippen molar-refractivity contribution in [3.8, 4) is 5.75 Å². The average Bonchev–Trinajstić information content (AvgIpc) is 3.59. The zero-order chi connectivity index (χ0) is 21.8. The zero-order valence-corrected chi connectivity index (χ0v) is 20.1. The summed E-state index contributed by atoms with van der Waals surface area (Å²) in [6, 6.07) is 11.6. The highest BCUT2D eigenvalue weighted by Crippen LogP contribution is 2.64. The van der Waals surface area contributed by atoms with Crippen LogP contribution in [-0.2, 0) is 11.3 Å². The number of anilines is 1. The maximum absolute atomic E-state index is 13.1. The monoisotopic (exact) mass is 484 g/mol. The van der Waals surface area contributed by atoms with Crippen molar-refractivity contribution in [2.45, 2.75) is 42.0 Å². The lowest BCUT2D eigenvalue weighted by Gasteiger charge is -2.40. The van der Waals surface area contributed by atoms with Crippen molar-refractivity contribution in [1.29, 1.82) is 0 Å². The smallest absolute Gasteiger partial charge is 0.308 e. The third-order valence-electron chi connectivity index (χ3n) is 7.22. The number of nitrogens with one attached hydrogen (secondary N) is 1. The Morgan fingerprint density at radius 1 is 1.19 bits per heavy atom. The summed E-state index contributed by atoms with van der Waals surface area (Å²) >= 11 is 5.02. The van der Waals surface area contributed by atoms with Gasteiger partial charge in [-0.15, -0.1) is 23.1 Å². The number of thioether (sulfide) groups is 1. The summed E-state index contributed by atoms with van der Waals surface area (Å²) in [5.74, 6) is 2.98. The Morgan fingerprint density at radius 3 is 2.75 bits per heavy atom. The van der Waals surface area contributed by atoms with E-state index in [-0.39, 0.29) is 17.3 Å². The number of hydrogen-bond donors (Lipinski definition) is 1. The fourth-order valence-electron chi connectivity index (χ4n) is 5.89. The van der Waals surface area contributed by atoms with E-state index >= 15 is 0 Å². The van der Waals surface area contributed by atoms with Crippen LogP contribution in [0, 0.1) is 17.8 Å². The lowest BCUT2D eigenvalue weighted by molar-refractivity contribution is -0.116. The minimum Gasteiger partial charge on any atom is -0.497 e. The number of fused-ring (bicyclic) bond motifs is 6. The van der Waals surface area contributed by atoms with E-state index in [0.29, 0.717) is 22.8 Å². The summed E-state index contributed by atoms with van der Waals surface area (Å²) in [5.41, 5.74) is 0.699. The molecule has 2 aliphatic carbocycles. The molecular weight excluding hydrogens is 460 g/mol. The van der Waals surface area contributed by atoms with Gasteiger partial charge in [-0.3, -0.25) is 14.2 Å². The first kappa shape index (κ1) is 20.6. The van der Waals surface area contributed by atoms with E-state index in [1.54, 1.807) is 23.0 Å². The van der Waals surface area contributed by atoms with Gasteiger partial charge in [0.05, 0.1) is 12.1 Å². The second-order valence-corrected chi connectivity index (χ2v) is 12.0. The molecule has 1 aliphatic heterocycles. The number of amides is 1. The molecule has 166 valence electrons. The number of benzene rings is 1. The fourth-order valence-corrected chi connectivity index (χ4v) is 10.0. The van der Waals surface area contributed by atoms with Gasteiger partial charge in [0, 0.05) is 26.6 Å². The molecular formula is C24H24N2O3S3. The van der Waals surface area contributed by atoms with Crippen LogP contribution in [0.2, 0.25) is 0 Å². The van der Waals surface area contributed by atoms with E-state index in [2.05, 4.69) is 22.8 Å². The van der Waals surface area contributed by atoms with Gasteiger partial charge in [0.2, 0.25) is 5.91 Å². The van der Waals surface area contributed by atoms with Gasteiger partial charge in [-0.2, -0.15) is 0 Å². The standard InChI is InChI=1S/C24H24N2O3S3/c1-29-16-8-6-15(7-9-16)25-18(27)12-26-23-22(32-24(26)28)20(17-3-2-10-30-17)19-13-4-5-14(11-13)21(19)31-23/h2-3,6-10,13-14,19-21H,4-5,11-12H2,1H3,(H,25,27)/t13-,14-,19+,20-,21-/m0/s1. The van der Waals surface area contributed by atoms with Crippen molar-refractivity contribution in [2.75, 3.05) is 12.4 Å². The van der Waals surface area contributed by atoms with Crippen molar-refractivity contribution >= 4 is 46.0 Å². The van der Waals surface area contributed by atoms with Crippen molar-refractivity contribution in [3.05, 3.63) is 61.2 Å². The molecule has 3 aliphatic rings. The molecule has 32 heavy (non-hydrogen) atoms. The van der Waals surface area contributed by atoms with Gasteiger partial charge in [-0.05, 0) is 72.7 Å². The molecule has 1 amide bonds. The second kappa shape index (κ2) is 8.08. The summed E-state index contributed by atoms with van der Waals surface area (Å²) in [7, 11) is 1.61. The van der Waals surface area contributed by atoms with Gasteiger partial charge in [0.1, 0.15) is 12.3 Å². The number of aromatic nitrogens is 1. The van der Waals surface area contributed by atoms with Gasteiger partial charge in [0.15, 0.2) is 0 Å². The molecule has 2 aromatic heterocycles. The minimum atomic E-state index is -0.179. The molecule has 0 unspecified atom stereocenters. The third-order valence-corrected chi connectivity index (χ3v) is 11.0. The van der Waals surface area contributed by atoms with Crippen molar-refractivity contribution in [2.24, 2.45) is 17.8 Å². The van der Waals surface area contributed by atoms with E-state index in [0.717, 1.165) is 22.6 Å². The number of methoxy groups -OCH3 is 1. The summed E-state index contributed by atoms with van der Waals surface area (Å²) in [4.78, 5) is 28.4.